The zero-order valence-corrected chi connectivity index (χ0v) is 19.8. The maximum Gasteiger partial charge on any atom is 0.155 e. The van der Waals surface area contributed by atoms with Crippen molar-refractivity contribution in [2.24, 2.45) is 4.99 Å². The predicted octanol–water partition coefficient (Wildman–Crippen LogP) is 6.46. The molecule has 0 radical (unpaired) electrons. The highest BCUT2D eigenvalue weighted by atomic mass is 127. The molecule has 0 fully saturated rings. The number of para-hydroxylation sites is 1. The molecule has 3 rings (SSSR count). The lowest BCUT2D eigenvalue weighted by Crippen LogP contribution is -2.01. The van der Waals surface area contributed by atoms with Crippen molar-refractivity contribution in [3.63, 3.8) is 0 Å². The average molecular weight is 708 g/mol. The van der Waals surface area contributed by atoms with Crippen molar-refractivity contribution in [3.8, 4) is 5.75 Å². The highest BCUT2D eigenvalue weighted by Gasteiger charge is 2.20. The van der Waals surface area contributed by atoms with E-state index in [1.165, 1.54) is 67.8 Å². The Hall–Kier alpha value is -0.960. The Morgan fingerprint density at radius 1 is 0.852 bits per heavy atom. The fourth-order valence-electron chi connectivity index (χ4n) is 1.75. The third kappa shape index (κ3) is 6.01. The second kappa shape index (κ2) is 10.5. The Bertz CT molecular complexity index is 865. The maximum atomic E-state index is 12.9. The van der Waals surface area contributed by atoms with Gasteiger partial charge in [0.15, 0.2) is 17.5 Å². The van der Waals surface area contributed by atoms with Gasteiger partial charge in [0.25, 0.3) is 0 Å². The molecule has 0 aliphatic rings. The van der Waals surface area contributed by atoms with Crippen molar-refractivity contribution in [1.29, 1.82) is 0 Å². The molecule has 1 heterocycles. The van der Waals surface area contributed by atoms with Gasteiger partial charge in [-0.05, 0) is 92.0 Å². The summed E-state index contributed by atoms with van der Waals surface area (Å²) in [4.78, 5) is 8.13. The van der Waals surface area contributed by atoms with Crippen LogP contribution < -0.4 is 0 Å². The molecule has 0 atom stereocenters. The van der Waals surface area contributed by atoms with Gasteiger partial charge in [-0.3, -0.25) is 9.98 Å². The summed E-state index contributed by atoms with van der Waals surface area (Å²) in [5.41, 5.74) is 1.46. The van der Waals surface area contributed by atoms with Crippen LogP contribution in [-0.2, 0) is 0 Å². The Labute approximate surface area is 194 Å². The van der Waals surface area contributed by atoms with Crippen LogP contribution in [0.4, 0.5) is 18.9 Å². The molecule has 3 nitrogen and oxygen atoms in total. The largest absolute Gasteiger partial charge is 0.507 e. The predicted molar refractivity (Wildman–Crippen MR) is 124 cm³/mol. The minimum absolute atomic E-state index is 0.164. The Kier molecular flexibility index (Phi) is 8.72. The number of aromatic nitrogens is 1. The van der Waals surface area contributed by atoms with Crippen LogP contribution >= 0.6 is 67.8 Å². The van der Waals surface area contributed by atoms with Crippen LogP contribution in [0.5, 0.6) is 5.75 Å². The smallest absolute Gasteiger partial charge is 0.155 e. The van der Waals surface area contributed by atoms with E-state index in [1.54, 1.807) is 36.8 Å². The highest BCUT2D eigenvalue weighted by molar-refractivity contribution is 14.1. The van der Waals surface area contributed by atoms with E-state index in [0.717, 1.165) is 5.69 Å². The molecule has 140 valence electrons. The van der Waals surface area contributed by atoms with E-state index in [2.05, 4.69) is 9.98 Å². The number of phenols is 1. The van der Waals surface area contributed by atoms with Gasteiger partial charge in [-0.2, -0.15) is 0 Å². The molecule has 0 aliphatic heterocycles. The molecule has 0 saturated carbocycles. The van der Waals surface area contributed by atoms with Crippen LogP contribution in [0, 0.1) is 28.2 Å². The zero-order chi connectivity index (χ0) is 20.0. The van der Waals surface area contributed by atoms with Gasteiger partial charge in [0.2, 0.25) is 0 Å². The topological polar surface area (TPSA) is 45.5 Å². The van der Waals surface area contributed by atoms with Gasteiger partial charge in [0, 0.05) is 18.0 Å². The number of pyridine rings is 1. The second-order valence-corrected chi connectivity index (χ2v) is 8.15. The maximum absolute atomic E-state index is 12.9. The molecule has 0 saturated heterocycles. The number of halogens is 6. The first-order valence-corrected chi connectivity index (χ1v) is 10.5. The molecular weight excluding hydrogens is 698 g/mol. The lowest BCUT2D eigenvalue weighted by molar-refractivity contribution is 0.474. The van der Waals surface area contributed by atoms with Crippen molar-refractivity contribution in [1.82, 2.24) is 4.98 Å². The lowest BCUT2D eigenvalue weighted by atomic mass is 10.2. The van der Waals surface area contributed by atoms with E-state index in [1.807, 2.05) is 18.2 Å². The van der Waals surface area contributed by atoms with Crippen molar-refractivity contribution >= 4 is 79.7 Å². The van der Waals surface area contributed by atoms with Gasteiger partial charge in [-0.15, -0.1) is 0 Å². The van der Waals surface area contributed by atoms with E-state index >= 15 is 0 Å². The first-order valence-electron chi connectivity index (χ1n) is 7.22. The molecule has 0 spiro atoms. The number of phenolic OH excluding ortho intramolecular Hbond substituents is 1. The second-order valence-electron chi connectivity index (χ2n) is 4.91. The summed E-state index contributed by atoms with van der Waals surface area (Å²) in [6.07, 6.45) is 4.97. The summed E-state index contributed by atoms with van der Waals surface area (Å²) < 4.78 is 38.3. The molecule has 0 bridgehead atoms. The molecule has 0 aliphatic carbocycles. The quantitative estimate of drug-likeness (QED) is 0.144. The molecule has 27 heavy (non-hydrogen) atoms. The molecule has 0 amide bonds. The highest BCUT2D eigenvalue weighted by Crippen LogP contribution is 2.28. The Morgan fingerprint density at radius 2 is 1.41 bits per heavy atom. The van der Waals surface area contributed by atoms with Gasteiger partial charge in [-0.25, -0.2) is 13.2 Å². The van der Waals surface area contributed by atoms with Crippen molar-refractivity contribution < 1.29 is 18.3 Å². The minimum Gasteiger partial charge on any atom is -0.507 e. The van der Waals surface area contributed by atoms with Crippen LogP contribution in [0.25, 0.3) is 0 Å². The fraction of sp³-hybridized carbons (Fsp3) is 0. The third-order valence-electron chi connectivity index (χ3n) is 3.09. The van der Waals surface area contributed by atoms with Crippen molar-refractivity contribution in [3.05, 3.63) is 82.5 Å². The summed E-state index contributed by atoms with van der Waals surface area (Å²) in [5, 5.41) is 9.48. The molecule has 0 unspecified atom stereocenters. The number of rotatable bonds is 2. The van der Waals surface area contributed by atoms with Crippen LogP contribution in [0.15, 0.2) is 53.8 Å². The number of benzene rings is 2. The standard InChI is InChI=1S/C12H10N2O.C6F3I3/c15-12-6-2-1-4-10(12)8-14-11-5-3-7-13-9-11;7-1-4(10)2(8)6(12)3(9)5(1)11/h1-9,15H;. The van der Waals surface area contributed by atoms with Gasteiger partial charge < -0.3 is 5.11 Å². The number of aromatic hydroxyl groups is 1. The molecule has 3 aromatic rings. The number of hydrogen-bond acceptors (Lipinski definition) is 3. The molecule has 1 aromatic heterocycles. The van der Waals surface area contributed by atoms with Gasteiger partial charge in [-0.1, -0.05) is 12.1 Å². The number of aliphatic imine (C=N–C) groups is 1. The van der Waals surface area contributed by atoms with E-state index in [4.69, 9.17) is 0 Å². The van der Waals surface area contributed by atoms with Gasteiger partial charge in [0.05, 0.1) is 22.6 Å². The molecular formula is C18H10F3I3N2O. The SMILES string of the molecule is Fc1c(I)c(F)c(I)c(F)c1I.Oc1ccccc1C=Nc1cccnc1. The Balaban J connectivity index is 0.000000199. The van der Waals surface area contributed by atoms with Crippen LogP contribution in [-0.4, -0.2) is 16.3 Å². The van der Waals surface area contributed by atoms with E-state index in [9.17, 15) is 18.3 Å². The number of nitrogens with zero attached hydrogens (tertiary/aromatic N) is 2. The van der Waals surface area contributed by atoms with Crippen LogP contribution in [0.2, 0.25) is 0 Å². The van der Waals surface area contributed by atoms with E-state index in [-0.39, 0.29) is 16.5 Å². The normalized spacial score (nSPS) is 10.6. The van der Waals surface area contributed by atoms with Crippen LogP contribution in [0.3, 0.4) is 0 Å². The Morgan fingerprint density at radius 3 is 1.89 bits per heavy atom. The molecule has 9 heteroatoms. The first kappa shape index (κ1) is 22.3. The summed E-state index contributed by atoms with van der Waals surface area (Å²) in [7, 11) is 0. The van der Waals surface area contributed by atoms with Crippen molar-refractivity contribution in [2.45, 2.75) is 0 Å². The fourth-order valence-corrected chi connectivity index (χ4v) is 4.92. The van der Waals surface area contributed by atoms with Crippen LogP contribution in [0.1, 0.15) is 5.56 Å². The summed E-state index contributed by atoms with van der Waals surface area (Å²) in [5.74, 6) is -2.25. The third-order valence-corrected chi connectivity index (χ3v) is 5.93. The minimum atomic E-state index is -0.827. The number of hydrogen-bond donors (Lipinski definition) is 1. The lowest BCUT2D eigenvalue weighted by Gasteiger charge is -2.03. The summed E-state index contributed by atoms with van der Waals surface area (Å²) in [6, 6.07) is 10.7. The molecule has 2 aromatic carbocycles. The monoisotopic (exact) mass is 708 g/mol. The summed E-state index contributed by atoms with van der Waals surface area (Å²) >= 11 is 4.53. The van der Waals surface area contributed by atoms with Gasteiger partial charge in [0.1, 0.15) is 5.75 Å². The van der Waals surface area contributed by atoms with Crippen molar-refractivity contribution in [2.75, 3.05) is 0 Å². The average Bonchev–Trinajstić information content (AvgIpc) is 2.70. The first-order chi connectivity index (χ1) is 12.8. The summed E-state index contributed by atoms with van der Waals surface area (Å²) in [6.45, 7) is 0. The zero-order valence-electron chi connectivity index (χ0n) is 13.3. The molecule has 1 N–H and O–H groups in total. The van der Waals surface area contributed by atoms with E-state index in [0.29, 0.717) is 5.56 Å². The van der Waals surface area contributed by atoms with E-state index < -0.39 is 17.5 Å². The van der Waals surface area contributed by atoms with Gasteiger partial charge >= 0.3 is 0 Å².